The van der Waals surface area contributed by atoms with Crippen molar-refractivity contribution in [1.29, 1.82) is 0 Å². The van der Waals surface area contributed by atoms with E-state index in [1.54, 1.807) is 0 Å². The SMILES string of the molecule is C=C1Cc2cc(C)ccc2C[C](=[V])N1C. The molecule has 0 N–H and O–H groups in total. The molecule has 77 valence electrons. The number of hydrogen-bond donors (Lipinski definition) is 0. The molecule has 0 amide bonds. The monoisotopic (exact) mass is 236 g/mol. The van der Waals surface area contributed by atoms with Crippen LogP contribution in [0, 0.1) is 6.92 Å². The molecular formula is C13H15NV. The van der Waals surface area contributed by atoms with Gasteiger partial charge in [-0.2, -0.15) is 0 Å². The number of benzene rings is 1. The Morgan fingerprint density at radius 3 is 2.73 bits per heavy atom. The summed E-state index contributed by atoms with van der Waals surface area (Å²) in [4.78, 5) is 2.19. The van der Waals surface area contributed by atoms with Gasteiger partial charge < -0.3 is 0 Å². The van der Waals surface area contributed by atoms with Gasteiger partial charge in [0.15, 0.2) is 0 Å². The molecule has 15 heavy (non-hydrogen) atoms. The molecule has 2 rings (SSSR count). The fraction of sp³-hybridized carbons (Fsp3) is 0.308. The van der Waals surface area contributed by atoms with E-state index in [9.17, 15) is 0 Å². The van der Waals surface area contributed by atoms with Crippen molar-refractivity contribution in [2.75, 3.05) is 7.05 Å². The molecule has 1 nitrogen and oxygen atoms in total. The van der Waals surface area contributed by atoms with Crippen LogP contribution in [0.3, 0.4) is 0 Å². The van der Waals surface area contributed by atoms with Crippen molar-refractivity contribution in [2.45, 2.75) is 19.8 Å². The molecule has 0 atom stereocenters. The van der Waals surface area contributed by atoms with Gasteiger partial charge in [-0.05, 0) is 0 Å². The van der Waals surface area contributed by atoms with Gasteiger partial charge in [0.05, 0.1) is 0 Å². The molecule has 0 bridgehead atoms. The number of hydrogen-bond acceptors (Lipinski definition) is 1. The second kappa shape index (κ2) is 4.00. The zero-order chi connectivity index (χ0) is 11.0. The van der Waals surface area contributed by atoms with E-state index in [2.05, 4.69) is 60.6 Å². The van der Waals surface area contributed by atoms with Crippen molar-refractivity contribution in [3.8, 4) is 0 Å². The van der Waals surface area contributed by atoms with Crippen LogP contribution in [0.15, 0.2) is 30.5 Å². The zero-order valence-electron chi connectivity index (χ0n) is 9.25. The van der Waals surface area contributed by atoms with Gasteiger partial charge in [-0.1, -0.05) is 0 Å². The molecule has 0 saturated carbocycles. The molecule has 0 aromatic heterocycles. The van der Waals surface area contributed by atoms with Crippen molar-refractivity contribution >= 4 is 4.35 Å². The number of allylic oxidation sites excluding steroid dienone is 1. The second-order valence-electron chi connectivity index (χ2n) is 4.17. The van der Waals surface area contributed by atoms with Crippen molar-refractivity contribution in [1.82, 2.24) is 4.90 Å². The Bertz CT molecular complexity index is 434. The maximum absolute atomic E-state index is 4.13. The number of nitrogens with zero attached hydrogens (tertiary/aromatic N) is 1. The van der Waals surface area contributed by atoms with E-state index < -0.39 is 0 Å². The van der Waals surface area contributed by atoms with Crippen molar-refractivity contribution in [3.63, 3.8) is 0 Å². The summed E-state index contributed by atoms with van der Waals surface area (Å²) in [5.41, 5.74) is 5.36. The van der Waals surface area contributed by atoms with Gasteiger partial charge in [-0.25, -0.2) is 0 Å². The van der Waals surface area contributed by atoms with Gasteiger partial charge in [0.25, 0.3) is 0 Å². The topological polar surface area (TPSA) is 3.24 Å². The first-order chi connectivity index (χ1) is 7.08. The molecule has 0 aliphatic carbocycles. The van der Waals surface area contributed by atoms with Crippen LogP contribution in [0.2, 0.25) is 0 Å². The molecule has 0 radical (unpaired) electrons. The van der Waals surface area contributed by atoms with Gasteiger partial charge >= 0.3 is 100 Å². The Kier molecular flexibility index (Phi) is 2.86. The molecule has 0 saturated heterocycles. The van der Waals surface area contributed by atoms with Crippen molar-refractivity contribution < 1.29 is 17.0 Å². The minimum atomic E-state index is 0.967. The van der Waals surface area contributed by atoms with Gasteiger partial charge in [0, 0.05) is 0 Å². The number of aryl methyl sites for hydroxylation is 1. The molecule has 1 heterocycles. The summed E-state index contributed by atoms with van der Waals surface area (Å²) in [6.07, 6.45) is 1.99. The molecule has 1 aliphatic heterocycles. The predicted octanol–water partition coefficient (Wildman–Crippen LogP) is 2.22. The summed E-state index contributed by atoms with van der Waals surface area (Å²) in [7, 11) is 2.09. The Labute approximate surface area is 100 Å². The predicted molar refractivity (Wildman–Crippen MR) is 60.5 cm³/mol. The first-order valence-electron chi connectivity index (χ1n) is 5.12. The van der Waals surface area contributed by atoms with Gasteiger partial charge in [-0.3, -0.25) is 0 Å². The number of likely N-dealkylation sites (N-methyl/N-ethyl adjacent to an activating group) is 1. The number of fused-ring (bicyclic) bond motifs is 1. The molecule has 2 heteroatoms. The van der Waals surface area contributed by atoms with Crippen LogP contribution >= 0.6 is 0 Å². The van der Waals surface area contributed by atoms with E-state index in [4.69, 9.17) is 0 Å². The second-order valence-corrected chi connectivity index (χ2v) is 4.97. The van der Waals surface area contributed by atoms with Crippen molar-refractivity contribution in [2.24, 2.45) is 0 Å². The average molecular weight is 236 g/mol. The van der Waals surface area contributed by atoms with Crippen LogP contribution in [-0.2, 0) is 29.8 Å². The van der Waals surface area contributed by atoms with Crippen molar-refractivity contribution in [3.05, 3.63) is 47.2 Å². The first-order valence-corrected chi connectivity index (χ1v) is 5.82. The summed E-state index contributed by atoms with van der Waals surface area (Å²) in [6, 6.07) is 6.71. The third-order valence-electron chi connectivity index (χ3n) is 2.97. The first kappa shape index (κ1) is 10.7. The number of rotatable bonds is 0. The molecule has 1 aromatic rings. The van der Waals surface area contributed by atoms with Crippen LogP contribution < -0.4 is 0 Å². The Morgan fingerprint density at radius 2 is 2.00 bits per heavy atom. The van der Waals surface area contributed by atoms with Gasteiger partial charge in [0.1, 0.15) is 0 Å². The van der Waals surface area contributed by atoms with Gasteiger partial charge in [0.2, 0.25) is 0 Å². The van der Waals surface area contributed by atoms with Crippen LogP contribution in [0.1, 0.15) is 16.7 Å². The standard InChI is InChI=1S/C13H15N.V/c1-10-4-5-12-6-7-14(3)11(2)9-13(12)8-10;/h4-5,8H,2,6,9H2,1,3H3;. The molecule has 0 fully saturated rings. The maximum atomic E-state index is 4.13. The molecular weight excluding hydrogens is 221 g/mol. The summed E-state index contributed by atoms with van der Waals surface area (Å²) >= 11 is 2.66. The van der Waals surface area contributed by atoms with Crippen LogP contribution in [0.4, 0.5) is 0 Å². The average Bonchev–Trinajstić information content (AvgIpc) is 2.29. The minimum absolute atomic E-state index is 0.967. The molecule has 0 spiro atoms. The normalized spacial score (nSPS) is 16.2. The van der Waals surface area contributed by atoms with Crippen LogP contribution in [0.25, 0.3) is 0 Å². The molecule has 1 aliphatic rings. The van der Waals surface area contributed by atoms with E-state index in [0.717, 1.165) is 12.8 Å². The molecule has 0 unspecified atom stereocenters. The van der Waals surface area contributed by atoms with Gasteiger partial charge in [-0.15, -0.1) is 0 Å². The van der Waals surface area contributed by atoms with Crippen LogP contribution in [0.5, 0.6) is 0 Å². The fourth-order valence-electron chi connectivity index (χ4n) is 1.90. The third-order valence-corrected chi connectivity index (χ3v) is 3.68. The third kappa shape index (κ3) is 2.09. The molecule has 1 aromatic carbocycles. The Morgan fingerprint density at radius 1 is 1.27 bits per heavy atom. The van der Waals surface area contributed by atoms with E-state index in [1.807, 2.05) is 0 Å². The zero-order valence-corrected chi connectivity index (χ0v) is 10.6. The Hall–Kier alpha value is -0.786. The summed E-state index contributed by atoms with van der Waals surface area (Å²) < 4.78 is 1.31. The van der Waals surface area contributed by atoms with E-state index in [0.29, 0.717) is 0 Å². The van der Waals surface area contributed by atoms with Crippen LogP contribution in [-0.4, -0.2) is 16.3 Å². The van der Waals surface area contributed by atoms with E-state index in [1.165, 1.54) is 26.7 Å². The quantitative estimate of drug-likeness (QED) is 0.667. The summed E-state index contributed by atoms with van der Waals surface area (Å²) in [6.45, 7) is 6.27. The fourth-order valence-corrected chi connectivity index (χ4v) is 2.39. The summed E-state index contributed by atoms with van der Waals surface area (Å²) in [5.74, 6) is 0. The Balaban J connectivity index is 2.46. The summed E-state index contributed by atoms with van der Waals surface area (Å²) in [5, 5.41) is 0. The van der Waals surface area contributed by atoms with E-state index in [-0.39, 0.29) is 0 Å². The van der Waals surface area contributed by atoms with E-state index >= 15 is 0 Å².